The monoisotopic (exact) mass is 354 g/mol. The number of phenolic OH excluding ortho intramolecular Hbond substituents is 2. The number of urea groups is 1. The number of carbonyl (C=O) groups is 2. The van der Waals surface area contributed by atoms with Crippen molar-refractivity contribution in [2.24, 2.45) is 11.5 Å². The second-order valence-corrected chi connectivity index (χ2v) is 4.59. The Hall–Kier alpha value is -3.80. The van der Waals surface area contributed by atoms with Crippen molar-refractivity contribution < 1.29 is 19.8 Å². The van der Waals surface area contributed by atoms with Crippen molar-refractivity contribution in [3.63, 3.8) is 0 Å². The third-order valence-electron chi connectivity index (χ3n) is 2.76. The first-order chi connectivity index (χ1) is 12.5. The molecule has 3 aromatic rings. The average molecular weight is 354 g/mol. The minimum atomic E-state index is -0.833. The number of nitrogens with two attached hydrogens (primary N) is 2. The normalized spacial score (nSPS) is 8.31. The minimum absolute atomic E-state index is 0.175. The molecule has 0 aliphatic heterocycles. The molecule has 0 bridgehead atoms. The van der Waals surface area contributed by atoms with Crippen molar-refractivity contribution in [2.75, 3.05) is 0 Å². The number of carbonyl (C=O) groups excluding carboxylic acids is 2. The Morgan fingerprint density at radius 2 is 0.846 bits per heavy atom. The highest BCUT2D eigenvalue weighted by Gasteiger charge is 2.06. The van der Waals surface area contributed by atoms with E-state index in [0.29, 0.717) is 11.1 Å². The molecule has 3 rings (SSSR count). The summed E-state index contributed by atoms with van der Waals surface area (Å²) >= 11 is 0. The van der Waals surface area contributed by atoms with Crippen LogP contribution in [-0.4, -0.2) is 23.0 Å². The van der Waals surface area contributed by atoms with Gasteiger partial charge in [0, 0.05) is 11.1 Å². The minimum Gasteiger partial charge on any atom is -0.507 e. The van der Waals surface area contributed by atoms with Gasteiger partial charge in [-0.25, -0.2) is 4.79 Å². The summed E-state index contributed by atoms with van der Waals surface area (Å²) in [7, 11) is 0. The number of phenols is 2. The van der Waals surface area contributed by atoms with Gasteiger partial charge in [0.2, 0.25) is 0 Å². The molecular weight excluding hydrogens is 332 g/mol. The summed E-state index contributed by atoms with van der Waals surface area (Å²) in [5, 5.41) is 19.2. The van der Waals surface area contributed by atoms with Gasteiger partial charge in [0.25, 0.3) is 0 Å². The van der Waals surface area contributed by atoms with E-state index in [2.05, 4.69) is 11.5 Å². The molecule has 0 atom stereocenters. The topological polar surface area (TPSA) is 127 Å². The molecular formula is C20H22N2O4. The smallest absolute Gasteiger partial charge is 0.309 e. The molecule has 0 radical (unpaired) electrons. The zero-order chi connectivity index (χ0) is 19.8. The number of benzene rings is 3. The molecule has 6 heteroatoms. The summed E-state index contributed by atoms with van der Waals surface area (Å²) < 4.78 is 0. The van der Waals surface area contributed by atoms with Gasteiger partial charge in [-0.1, -0.05) is 72.8 Å². The molecule has 6 nitrogen and oxygen atoms in total. The molecule has 0 spiro atoms. The molecule has 0 saturated heterocycles. The Morgan fingerprint density at radius 1 is 0.615 bits per heavy atom. The lowest BCUT2D eigenvalue weighted by Gasteiger charge is -2.05. The number of amides is 2. The summed E-state index contributed by atoms with van der Waals surface area (Å²) in [6.45, 7) is 2.00. The summed E-state index contributed by atoms with van der Waals surface area (Å²) in [5.41, 5.74) is 9.79. The van der Waals surface area contributed by atoms with Crippen LogP contribution in [0.5, 0.6) is 11.5 Å². The number of hydrogen-bond acceptors (Lipinski definition) is 4. The molecule has 3 aromatic carbocycles. The average Bonchev–Trinajstić information content (AvgIpc) is 2.66. The fraction of sp³-hybridized carbons (Fsp3) is 0. The Labute approximate surface area is 152 Å². The second kappa shape index (κ2) is 13.6. The SMILES string of the molecule is C=O.NC(N)=O.Oc1ccccc1-c1ccccc1O.c1ccccc1. The van der Waals surface area contributed by atoms with E-state index in [4.69, 9.17) is 9.59 Å². The molecule has 26 heavy (non-hydrogen) atoms. The highest BCUT2D eigenvalue weighted by Crippen LogP contribution is 2.34. The van der Waals surface area contributed by atoms with E-state index >= 15 is 0 Å². The first kappa shape index (κ1) is 22.2. The molecule has 6 N–H and O–H groups in total. The van der Waals surface area contributed by atoms with Gasteiger partial charge in [0.05, 0.1) is 0 Å². The maximum atomic E-state index is 9.58. The van der Waals surface area contributed by atoms with Crippen LogP contribution in [0.3, 0.4) is 0 Å². The van der Waals surface area contributed by atoms with E-state index in [1.165, 1.54) is 0 Å². The molecule has 0 fully saturated rings. The van der Waals surface area contributed by atoms with E-state index in [-0.39, 0.29) is 11.5 Å². The number of para-hydroxylation sites is 2. The predicted molar refractivity (Wildman–Crippen MR) is 103 cm³/mol. The quantitative estimate of drug-likeness (QED) is 0.535. The molecule has 0 saturated carbocycles. The van der Waals surface area contributed by atoms with Crippen LogP contribution in [0.1, 0.15) is 0 Å². The largest absolute Gasteiger partial charge is 0.507 e. The predicted octanol–water partition coefficient (Wildman–Crippen LogP) is 3.29. The van der Waals surface area contributed by atoms with Crippen LogP contribution in [0.15, 0.2) is 84.9 Å². The van der Waals surface area contributed by atoms with Gasteiger partial charge in [-0.05, 0) is 12.1 Å². The van der Waals surface area contributed by atoms with Crippen molar-refractivity contribution >= 4 is 12.8 Å². The Bertz CT molecular complexity index is 690. The summed E-state index contributed by atoms with van der Waals surface area (Å²) in [4.78, 5) is 17.0. The van der Waals surface area contributed by atoms with Crippen LogP contribution in [0.25, 0.3) is 11.1 Å². The standard InChI is InChI=1S/C12H10O2.C6H6.CH4N2O.CH2O/c13-11-7-3-1-5-9(11)10-6-2-4-8-12(10)14;1-2-4-6-5-3-1;2-1(3)4;1-2/h1-8,13-14H;1-6H;(H4,2,3,4);1H2. The van der Waals surface area contributed by atoms with Crippen LogP contribution in [-0.2, 0) is 4.79 Å². The second-order valence-electron chi connectivity index (χ2n) is 4.59. The number of rotatable bonds is 1. The van der Waals surface area contributed by atoms with Gasteiger partial charge in [-0.15, -0.1) is 0 Å². The van der Waals surface area contributed by atoms with Gasteiger partial charge >= 0.3 is 6.03 Å². The van der Waals surface area contributed by atoms with Crippen molar-refractivity contribution in [2.45, 2.75) is 0 Å². The van der Waals surface area contributed by atoms with E-state index in [9.17, 15) is 10.2 Å². The third-order valence-corrected chi connectivity index (χ3v) is 2.76. The molecule has 2 amide bonds. The molecule has 0 heterocycles. The van der Waals surface area contributed by atoms with Crippen molar-refractivity contribution in [3.8, 4) is 22.6 Å². The maximum Gasteiger partial charge on any atom is 0.309 e. The third kappa shape index (κ3) is 9.36. The van der Waals surface area contributed by atoms with Crippen LogP contribution in [0, 0.1) is 0 Å². The summed E-state index contributed by atoms with van der Waals surface area (Å²) in [5.74, 6) is 0.350. The van der Waals surface area contributed by atoms with Gasteiger partial charge < -0.3 is 26.5 Å². The molecule has 0 unspecified atom stereocenters. The van der Waals surface area contributed by atoms with Gasteiger partial charge in [-0.2, -0.15) is 0 Å². The Balaban J connectivity index is 0.000000432. The molecule has 136 valence electrons. The van der Waals surface area contributed by atoms with Gasteiger partial charge in [0.1, 0.15) is 18.3 Å². The van der Waals surface area contributed by atoms with Gasteiger partial charge in [0.15, 0.2) is 0 Å². The number of primary amides is 2. The Kier molecular flexibility index (Phi) is 11.6. The van der Waals surface area contributed by atoms with Crippen LogP contribution in [0.4, 0.5) is 4.79 Å². The fourth-order valence-electron chi connectivity index (χ4n) is 1.79. The first-order valence-corrected chi connectivity index (χ1v) is 7.42. The van der Waals surface area contributed by atoms with E-state index in [0.717, 1.165) is 0 Å². The Morgan fingerprint density at radius 3 is 1.08 bits per heavy atom. The highest BCUT2D eigenvalue weighted by molar-refractivity contribution is 5.74. The molecule has 0 aliphatic carbocycles. The van der Waals surface area contributed by atoms with Crippen molar-refractivity contribution in [1.82, 2.24) is 0 Å². The highest BCUT2D eigenvalue weighted by atomic mass is 16.3. The number of aromatic hydroxyl groups is 2. The molecule has 0 aliphatic rings. The summed E-state index contributed by atoms with van der Waals surface area (Å²) in [6.07, 6.45) is 0. The zero-order valence-electron chi connectivity index (χ0n) is 14.2. The van der Waals surface area contributed by atoms with Gasteiger partial charge in [-0.3, -0.25) is 0 Å². The lowest BCUT2D eigenvalue weighted by atomic mass is 10.0. The van der Waals surface area contributed by atoms with Crippen LogP contribution >= 0.6 is 0 Å². The van der Waals surface area contributed by atoms with Crippen LogP contribution in [0.2, 0.25) is 0 Å². The number of hydrogen-bond donors (Lipinski definition) is 4. The lowest BCUT2D eigenvalue weighted by Crippen LogP contribution is -2.18. The molecule has 0 aromatic heterocycles. The van der Waals surface area contributed by atoms with Crippen molar-refractivity contribution in [3.05, 3.63) is 84.9 Å². The first-order valence-electron chi connectivity index (χ1n) is 7.42. The maximum absolute atomic E-state index is 9.58. The summed E-state index contributed by atoms with van der Waals surface area (Å²) in [6, 6.07) is 25.0. The van der Waals surface area contributed by atoms with Crippen molar-refractivity contribution in [1.29, 1.82) is 0 Å². The van der Waals surface area contributed by atoms with E-state index < -0.39 is 6.03 Å². The van der Waals surface area contributed by atoms with E-state index in [1.807, 2.05) is 55.3 Å². The van der Waals surface area contributed by atoms with E-state index in [1.54, 1.807) is 36.4 Å². The van der Waals surface area contributed by atoms with Crippen LogP contribution < -0.4 is 11.5 Å². The fourth-order valence-corrected chi connectivity index (χ4v) is 1.79. The zero-order valence-corrected chi connectivity index (χ0v) is 14.2. The lowest BCUT2D eigenvalue weighted by molar-refractivity contribution is -0.0980.